The maximum atomic E-state index is 11.9. The SMILES string of the molecule is CNc1nn2c(c1S(C)(=O)=O)NCCC2C1CC1. The van der Waals surface area contributed by atoms with Crippen molar-refractivity contribution >= 4 is 21.5 Å². The molecular weight excluding hydrogens is 252 g/mol. The third kappa shape index (κ3) is 1.77. The van der Waals surface area contributed by atoms with Gasteiger partial charge in [0, 0.05) is 19.8 Å². The maximum absolute atomic E-state index is 11.9. The van der Waals surface area contributed by atoms with Gasteiger partial charge < -0.3 is 10.6 Å². The lowest BCUT2D eigenvalue weighted by atomic mass is 10.1. The summed E-state index contributed by atoms with van der Waals surface area (Å²) in [4.78, 5) is 0.301. The second kappa shape index (κ2) is 3.88. The van der Waals surface area contributed by atoms with E-state index in [9.17, 15) is 8.42 Å². The van der Waals surface area contributed by atoms with Gasteiger partial charge in [0.15, 0.2) is 20.6 Å². The number of anilines is 2. The van der Waals surface area contributed by atoms with Crippen LogP contribution in [0.3, 0.4) is 0 Å². The van der Waals surface area contributed by atoms with Gasteiger partial charge in [-0.2, -0.15) is 5.10 Å². The van der Waals surface area contributed by atoms with Gasteiger partial charge in [-0.1, -0.05) is 0 Å². The topological polar surface area (TPSA) is 76.0 Å². The molecule has 0 aromatic carbocycles. The molecule has 1 aromatic rings. The second-order valence-electron chi connectivity index (χ2n) is 5.11. The summed E-state index contributed by atoms with van der Waals surface area (Å²) in [6.45, 7) is 0.818. The van der Waals surface area contributed by atoms with E-state index in [1.165, 1.54) is 19.1 Å². The van der Waals surface area contributed by atoms with E-state index >= 15 is 0 Å². The van der Waals surface area contributed by atoms with Gasteiger partial charge in [0.25, 0.3) is 0 Å². The lowest BCUT2D eigenvalue weighted by Gasteiger charge is -2.25. The molecule has 1 saturated carbocycles. The molecule has 1 unspecified atom stereocenters. The number of hydrogen-bond acceptors (Lipinski definition) is 5. The van der Waals surface area contributed by atoms with Crippen molar-refractivity contribution in [2.75, 3.05) is 30.5 Å². The number of nitrogens with zero attached hydrogens (tertiary/aromatic N) is 2. The second-order valence-corrected chi connectivity index (χ2v) is 7.07. The molecule has 2 heterocycles. The summed E-state index contributed by atoms with van der Waals surface area (Å²) in [5.41, 5.74) is 0. The molecule has 1 fully saturated rings. The van der Waals surface area contributed by atoms with Crippen LogP contribution in [0.2, 0.25) is 0 Å². The van der Waals surface area contributed by atoms with Crippen LogP contribution in [0.4, 0.5) is 11.6 Å². The summed E-state index contributed by atoms with van der Waals surface area (Å²) in [7, 11) is -1.58. The lowest BCUT2D eigenvalue weighted by molar-refractivity contribution is 0.375. The Kier molecular flexibility index (Phi) is 2.55. The van der Waals surface area contributed by atoms with Crippen molar-refractivity contribution < 1.29 is 8.42 Å². The van der Waals surface area contributed by atoms with Crippen LogP contribution in [0.15, 0.2) is 4.90 Å². The Balaban J connectivity index is 2.15. The molecule has 7 heteroatoms. The summed E-state index contributed by atoms with van der Waals surface area (Å²) in [5, 5.41) is 10.5. The third-order valence-corrected chi connectivity index (χ3v) is 4.82. The fourth-order valence-corrected chi connectivity index (χ4v) is 3.72. The highest BCUT2D eigenvalue weighted by Gasteiger charge is 2.38. The molecular formula is C11H18N4O2S. The lowest BCUT2D eigenvalue weighted by Crippen LogP contribution is -2.25. The van der Waals surface area contributed by atoms with Crippen molar-refractivity contribution in [2.24, 2.45) is 5.92 Å². The van der Waals surface area contributed by atoms with Crippen LogP contribution in [-0.2, 0) is 9.84 Å². The van der Waals surface area contributed by atoms with Crippen LogP contribution in [0.25, 0.3) is 0 Å². The fourth-order valence-electron chi connectivity index (χ4n) is 2.71. The minimum Gasteiger partial charge on any atom is -0.371 e. The first-order valence-corrected chi connectivity index (χ1v) is 8.15. The molecule has 0 saturated heterocycles. The zero-order valence-electron chi connectivity index (χ0n) is 10.6. The first-order valence-electron chi connectivity index (χ1n) is 6.26. The van der Waals surface area contributed by atoms with E-state index in [0.29, 0.717) is 28.5 Å². The van der Waals surface area contributed by atoms with E-state index in [1.54, 1.807) is 7.05 Å². The van der Waals surface area contributed by atoms with Gasteiger partial charge in [-0.25, -0.2) is 13.1 Å². The summed E-state index contributed by atoms with van der Waals surface area (Å²) in [6, 6.07) is 0.351. The van der Waals surface area contributed by atoms with Crippen LogP contribution >= 0.6 is 0 Å². The van der Waals surface area contributed by atoms with Crippen molar-refractivity contribution in [3.63, 3.8) is 0 Å². The molecule has 1 atom stereocenters. The molecule has 1 aliphatic carbocycles. The molecule has 1 aromatic heterocycles. The Morgan fingerprint density at radius 1 is 1.39 bits per heavy atom. The predicted octanol–water partition coefficient (Wildman–Crippen LogP) is 1.09. The first kappa shape index (κ1) is 11.8. The van der Waals surface area contributed by atoms with Gasteiger partial charge in [0.2, 0.25) is 0 Å². The first-order chi connectivity index (χ1) is 8.52. The van der Waals surface area contributed by atoms with Gasteiger partial charge in [0.1, 0.15) is 5.82 Å². The standard InChI is InChI=1S/C11H18N4O2S/c1-12-10-9(18(2,16)17)11-13-6-5-8(7-3-4-7)15(11)14-10/h7-8,13H,3-6H2,1-2H3,(H,12,14). The van der Waals surface area contributed by atoms with E-state index in [2.05, 4.69) is 15.7 Å². The predicted molar refractivity (Wildman–Crippen MR) is 69.8 cm³/mol. The molecule has 3 rings (SSSR count). The zero-order chi connectivity index (χ0) is 12.9. The van der Waals surface area contributed by atoms with Gasteiger partial charge >= 0.3 is 0 Å². The Hall–Kier alpha value is -1.24. The van der Waals surface area contributed by atoms with Crippen molar-refractivity contribution in [3.05, 3.63) is 0 Å². The third-order valence-electron chi connectivity index (χ3n) is 3.69. The van der Waals surface area contributed by atoms with Crippen molar-refractivity contribution in [3.8, 4) is 0 Å². The summed E-state index contributed by atoms with van der Waals surface area (Å²) in [5.74, 6) is 1.78. The Labute approximate surface area is 107 Å². The number of fused-ring (bicyclic) bond motifs is 1. The van der Waals surface area contributed by atoms with Gasteiger partial charge in [-0.05, 0) is 25.2 Å². The van der Waals surface area contributed by atoms with Crippen molar-refractivity contribution in [2.45, 2.75) is 30.2 Å². The Morgan fingerprint density at radius 2 is 2.11 bits per heavy atom. The van der Waals surface area contributed by atoms with E-state index in [-0.39, 0.29) is 0 Å². The van der Waals surface area contributed by atoms with E-state index in [4.69, 9.17) is 0 Å². The van der Waals surface area contributed by atoms with Crippen LogP contribution in [0.5, 0.6) is 0 Å². The van der Waals surface area contributed by atoms with Crippen LogP contribution in [0.1, 0.15) is 25.3 Å². The number of hydrogen-bond donors (Lipinski definition) is 2. The van der Waals surface area contributed by atoms with Gasteiger partial charge in [-0.15, -0.1) is 0 Å². The number of aromatic nitrogens is 2. The summed E-state index contributed by atoms with van der Waals surface area (Å²) < 4.78 is 25.7. The van der Waals surface area contributed by atoms with Crippen LogP contribution in [0, 0.1) is 5.92 Å². The molecule has 0 radical (unpaired) electrons. The minimum absolute atomic E-state index is 0.301. The quantitative estimate of drug-likeness (QED) is 0.860. The number of sulfone groups is 1. The van der Waals surface area contributed by atoms with E-state index < -0.39 is 9.84 Å². The van der Waals surface area contributed by atoms with Crippen molar-refractivity contribution in [1.29, 1.82) is 0 Å². The largest absolute Gasteiger partial charge is 0.371 e. The normalized spacial score (nSPS) is 23.3. The average molecular weight is 270 g/mol. The Bertz CT molecular complexity index is 574. The molecule has 6 nitrogen and oxygen atoms in total. The minimum atomic E-state index is -3.28. The van der Waals surface area contributed by atoms with E-state index in [0.717, 1.165) is 13.0 Å². The monoisotopic (exact) mass is 270 g/mol. The zero-order valence-corrected chi connectivity index (χ0v) is 11.4. The van der Waals surface area contributed by atoms with Crippen molar-refractivity contribution in [1.82, 2.24) is 9.78 Å². The smallest absolute Gasteiger partial charge is 0.182 e. The summed E-state index contributed by atoms with van der Waals surface area (Å²) in [6.07, 6.45) is 4.71. The highest BCUT2D eigenvalue weighted by atomic mass is 32.2. The molecule has 100 valence electrons. The van der Waals surface area contributed by atoms with Crippen LogP contribution in [-0.4, -0.2) is 38.0 Å². The van der Waals surface area contributed by atoms with Gasteiger partial charge in [0.05, 0.1) is 6.04 Å². The number of nitrogens with one attached hydrogen (secondary N) is 2. The number of rotatable bonds is 3. The molecule has 0 spiro atoms. The summed E-state index contributed by atoms with van der Waals surface area (Å²) >= 11 is 0. The fraction of sp³-hybridized carbons (Fsp3) is 0.727. The molecule has 2 aliphatic rings. The molecule has 2 N–H and O–H groups in total. The van der Waals surface area contributed by atoms with E-state index in [1.807, 2.05) is 4.68 Å². The molecule has 0 amide bonds. The molecule has 1 aliphatic heterocycles. The Morgan fingerprint density at radius 3 is 2.67 bits per heavy atom. The molecule has 0 bridgehead atoms. The highest BCUT2D eigenvalue weighted by molar-refractivity contribution is 7.91. The maximum Gasteiger partial charge on any atom is 0.182 e. The average Bonchev–Trinajstić information content (AvgIpc) is 3.05. The van der Waals surface area contributed by atoms with Crippen LogP contribution < -0.4 is 10.6 Å². The highest BCUT2D eigenvalue weighted by Crippen LogP contribution is 2.46. The van der Waals surface area contributed by atoms with Gasteiger partial charge in [-0.3, -0.25) is 0 Å². The molecule has 18 heavy (non-hydrogen) atoms.